The van der Waals surface area contributed by atoms with Crippen LogP contribution in [-0.4, -0.2) is 112 Å². The number of methoxy groups -OCH3 is 1. The predicted molar refractivity (Wildman–Crippen MR) is 198 cm³/mol. The van der Waals surface area contributed by atoms with E-state index in [1.165, 1.54) is 30.5 Å². The molecule has 1 amide bonds. The van der Waals surface area contributed by atoms with E-state index in [9.17, 15) is 32.6 Å². The van der Waals surface area contributed by atoms with E-state index in [2.05, 4.69) is 10.4 Å². The summed E-state index contributed by atoms with van der Waals surface area (Å²) in [5.74, 6) is -0.111. The summed E-state index contributed by atoms with van der Waals surface area (Å²) >= 11 is 0. The molecule has 4 rings (SSSR count). The number of esters is 1. The van der Waals surface area contributed by atoms with Gasteiger partial charge in [-0.25, -0.2) is 18.3 Å². The molecule has 4 N–H and O–H groups in total. The number of hydrogen-bond acceptors (Lipinski definition) is 12. The van der Waals surface area contributed by atoms with Gasteiger partial charge in [0.1, 0.15) is 23.6 Å². The second kappa shape index (κ2) is 20.1. The third-order valence-electron chi connectivity index (χ3n) is 8.94. The lowest BCUT2D eigenvalue weighted by Crippen LogP contribution is -2.51. The summed E-state index contributed by atoms with van der Waals surface area (Å²) < 4.78 is 74.2. The number of fused-ring (bicyclic) bond motifs is 1. The number of benzene rings is 2. The smallest absolute Gasteiger partial charge is 0.407 e. The molecule has 0 aromatic heterocycles. The minimum atomic E-state index is -4.10. The number of carbonyl (C=O) groups excluding carboxylic acids is 2. The number of nitrogens with one attached hydrogen (secondary N) is 2. The molecule has 2 aliphatic heterocycles. The maximum atomic E-state index is 13.8. The number of alkyl carbamates (subject to hydrolysis) is 1. The van der Waals surface area contributed by atoms with Gasteiger partial charge in [-0.05, 0) is 74.1 Å². The van der Waals surface area contributed by atoms with Crippen LogP contribution in [0.2, 0.25) is 0 Å². The highest BCUT2D eigenvalue weighted by Crippen LogP contribution is 2.37. The fraction of sp³-hybridized carbons (Fsp3) is 0.611. The number of hydrogen-bond donors (Lipinski definition) is 4. The van der Waals surface area contributed by atoms with Crippen LogP contribution in [0.25, 0.3) is 0 Å². The van der Waals surface area contributed by atoms with Crippen molar-refractivity contribution in [3.8, 4) is 11.5 Å². The monoisotopic (exact) mass is 799 g/mol. The molecule has 0 aliphatic carbocycles. The Kier molecular flexibility index (Phi) is 16.1. The van der Waals surface area contributed by atoms with Crippen molar-refractivity contribution in [3.05, 3.63) is 54.1 Å². The molecule has 54 heavy (non-hydrogen) atoms. The number of aliphatic hydroxyl groups excluding tert-OH is 1. The first-order chi connectivity index (χ1) is 25.6. The van der Waals surface area contributed by atoms with E-state index in [1.54, 1.807) is 36.4 Å². The van der Waals surface area contributed by atoms with Crippen LogP contribution < -0.4 is 19.9 Å². The Bertz CT molecular complexity index is 1660. The van der Waals surface area contributed by atoms with Gasteiger partial charge in [0.25, 0.3) is 0 Å². The van der Waals surface area contributed by atoms with Crippen molar-refractivity contribution in [2.75, 3.05) is 46.4 Å². The second-order valence-corrected chi connectivity index (χ2v) is 17.7. The van der Waals surface area contributed by atoms with Crippen molar-refractivity contribution < 1.29 is 61.0 Å². The summed E-state index contributed by atoms with van der Waals surface area (Å²) in [5.41, 5.74) is 0.627. The predicted octanol–water partition coefficient (Wildman–Crippen LogP) is 3.64. The number of nitrogens with zero attached hydrogens (tertiary/aromatic N) is 1. The first-order valence-corrected chi connectivity index (χ1v) is 21.4. The molecule has 0 radical (unpaired) electrons. The third kappa shape index (κ3) is 12.6. The highest BCUT2D eigenvalue weighted by atomic mass is 32.2. The number of sulfonamides is 1. The average molecular weight is 800 g/mol. The van der Waals surface area contributed by atoms with Crippen LogP contribution in [0.1, 0.15) is 52.5 Å². The maximum absolute atomic E-state index is 13.8. The summed E-state index contributed by atoms with van der Waals surface area (Å²) in [4.78, 5) is 35.8. The molecule has 302 valence electrons. The van der Waals surface area contributed by atoms with Gasteiger partial charge >= 0.3 is 19.6 Å². The number of aliphatic hydroxyl groups is 1. The Morgan fingerprint density at radius 1 is 1.04 bits per heavy atom. The summed E-state index contributed by atoms with van der Waals surface area (Å²) in [6, 6.07) is 10.3. The van der Waals surface area contributed by atoms with E-state index in [1.807, 2.05) is 20.8 Å². The molecular weight excluding hydrogens is 745 g/mol. The largest absolute Gasteiger partial charge is 0.497 e. The maximum Gasteiger partial charge on any atom is 0.407 e. The SMILES string of the molecule is CCCCOC(=O)[C@H](C)NP(=O)(O)COc1ccc(C[C@H](NC(=O)O[C@H]2CO[C@H]3OCC[C@H]32)[C@H](O)CN(CC(C)C)S(=O)(=O)c2ccc(OC)cc2)cc1. The zero-order chi connectivity index (χ0) is 39.5. The summed E-state index contributed by atoms with van der Waals surface area (Å²) in [6.07, 6.45) is -1.55. The number of carbonyl (C=O) groups is 2. The Balaban J connectivity index is 1.46. The van der Waals surface area contributed by atoms with Crippen molar-refractivity contribution in [2.45, 2.75) is 88.9 Å². The number of ether oxygens (including phenoxy) is 6. The van der Waals surface area contributed by atoms with Crippen molar-refractivity contribution in [1.82, 2.24) is 14.7 Å². The number of rotatable bonds is 21. The molecule has 2 aromatic carbocycles. The van der Waals surface area contributed by atoms with Crippen LogP contribution in [-0.2, 0) is 44.8 Å². The Morgan fingerprint density at radius 2 is 1.72 bits per heavy atom. The van der Waals surface area contributed by atoms with Crippen molar-refractivity contribution in [2.24, 2.45) is 11.8 Å². The molecule has 2 saturated heterocycles. The van der Waals surface area contributed by atoms with Gasteiger partial charge in [-0.1, -0.05) is 39.3 Å². The minimum absolute atomic E-state index is 0.0224. The molecule has 2 heterocycles. The van der Waals surface area contributed by atoms with Gasteiger partial charge in [-0.15, -0.1) is 0 Å². The van der Waals surface area contributed by atoms with E-state index in [0.29, 0.717) is 30.8 Å². The van der Waals surface area contributed by atoms with Gasteiger partial charge < -0.3 is 43.7 Å². The molecule has 2 aliphatic rings. The third-order valence-corrected chi connectivity index (χ3v) is 12.1. The minimum Gasteiger partial charge on any atom is -0.497 e. The summed E-state index contributed by atoms with van der Waals surface area (Å²) in [7, 11) is -6.69. The lowest BCUT2D eigenvalue weighted by molar-refractivity contribution is -0.145. The van der Waals surface area contributed by atoms with Crippen LogP contribution in [0.5, 0.6) is 11.5 Å². The quantitative estimate of drug-likeness (QED) is 0.0808. The van der Waals surface area contributed by atoms with E-state index >= 15 is 0 Å². The molecule has 16 nitrogen and oxygen atoms in total. The molecule has 18 heteroatoms. The van der Waals surface area contributed by atoms with Crippen LogP contribution in [0.15, 0.2) is 53.4 Å². The Morgan fingerprint density at radius 3 is 2.37 bits per heavy atom. The Labute approximate surface area is 317 Å². The van der Waals surface area contributed by atoms with Crippen molar-refractivity contribution in [3.63, 3.8) is 0 Å². The van der Waals surface area contributed by atoms with E-state index in [0.717, 1.165) is 6.42 Å². The van der Waals surface area contributed by atoms with Gasteiger partial charge in [0.05, 0.1) is 49.9 Å². The van der Waals surface area contributed by atoms with E-state index in [4.69, 9.17) is 28.4 Å². The Hall–Kier alpha value is -3.28. The van der Waals surface area contributed by atoms with Gasteiger partial charge in [0.2, 0.25) is 10.0 Å². The van der Waals surface area contributed by atoms with E-state index in [-0.39, 0.29) is 55.2 Å². The average Bonchev–Trinajstić information content (AvgIpc) is 3.75. The number of unbranched alkanes of at least 4 members (excludes halogenated alkanes) is 1. The van der Waals surface area contributed by atoms with Crippen molar-refractivity contribution in [1.29, 1.82) is 0 Å². The van der Waals surface area contributed by atoms with Crippen LogP contribution in [0, 0.1) is 11.8 Å². The molecule has 7 atom stereocenters. The molecule has 0 saturated carbocycles. The van der Waals surface area contributed by atoms with Crippen molar-refractivity contribution >= 4 is 29.6 Å². The molecule has 1 unspecified atom stereocenters. The highest BCUT2D eigenvalue weighted by molar-refractivity contribution is 7.89. The standard InChI is InChI=1S/C36H54N3O13PS/c1-6-7-17-48-34(41)25(4)38-53(43,44)23-51-28-10-8-26(9-11-28)19-31(37-36(42)52-33-22-50-35-30(33)16-18-49-35)32(40)21-39(20-24(2)3)54(45,46)29-14-12-27(47-5)13-15-29/h8-15,24-25,30-33,35,40H,6-7,16-23H2,1-5H3,(H,37,42)(H2,38,43,44)/t25-,30-,31-,32+,33-,35+/m0/s1. The zero-order valence-electron chi connectivity index (χ0n) is 31.4. The summed E-state index contributed by atoms with van der Waals surface area (Å²) in [6.45, 7) is 7.73. The number of amides is 1. The zero-order valence-corrected chi connectivity index (χ0v) is 33.1. The second-order valence-electron chi connectivity index (χ2n) is 13.9. The molecule has 2 fully saturated rings. The molecular formula is C36H54N3O13PS. The fourth-order valence-electron chi connectivity index (χ4n) is 6.04. The van der Waals surface area contributed by atoms with E-state index < -0.39 is 66.5 Å². The molecule has 2 aromatic rings. The lowest BCUT2D eigenvalue weighted by Gasteiger charge is -2.31. The lowest BCUT2D eigenvalue weighted by atomic mass is 10.0. The van der Waals surface area contributed by atoms with Crippen LogP contribution in [0.3, 0.4) is 0 Å². The first-order valence-electron chi connectivity index (χ1n) is 18.1. The highest BCUT2D eigenvalue weighted by Gasteiger charge is 2.44. The van der Waals surface area contributed by atoms with Gasteiger partial charge in [-0.3, -0.25) is 9.36 Å². The normalized spacial score (nSPS) is 21.2. The fourth-order valence-corrected chi connectivity index (χ4v) is 8.77. The molecule has 0 bridgehead atoms. The first kappa shape index (κ1) is 43.4. The van der Waals surface area contributed by atoms with Gasteiger partial charge in [0.15, 0.2) is 12.6 Å². The van der Waals surface area contributed by atoms with Gasteiger partial charge in [-0.2, -0.15) is 4.31 Å². The van der Waals surface area contributed by atoms with Gasteiger partial charge in [0, 0.05) is 13.1 Å². The van der Waals surface area contributed by atoms with Crippen LogP contribution >= 0.6 is 7.52 Å². The topological polar surface area (TPSA) is 208 Å². The molecule has 0 spiro atoms. The summed E-state index contributed by atoms with van der Waals surface area (Å²) in [5, 5.41) is 16.8. The van der Waals surface area contributed by atoms with Crippen LogP contribution in [0.4, 0.5) is 4.79 Å².